The lowest BCUT2D eigenvalue weighted by Crippen LogP contribution is -2.29. The Labute approximate surface area is 146 Å². The topological polar surface area (TPSA) is 38.1 Å². The summed E-state index contributed by atoms with van der Waals surface area (Å²) in [4.78, 5) is 15.8. The van der Waals surface area contributed by atoms with E-state index in [2.05, 4.69) is 11.2 Å². The lowest BCUT2D eigenvalue weighted by molar-refractivity contribution is 0.0754. The van der Waals surface area contributed by atoms with Crippen molar-refractivity contribution in [3.8, 4) is 5.69 Å². The van der Waals surface area contributed by atoms with Gasteiger partial charge in [0.15, 0.2) is 0 Å². The number of aryl methyl sites for hydroxylation is 2. The first kappa shape index (κ1) is 16.5. The van der Waals surface area contributed by atoms with E-state index in [-0.39, 0.29) is 5.91 Å². The zero-order chi connectivity index (χ0) is 17.1. The molecule has 1 aromatic carbocycles. The van der Waals surface area contributed by atoms with Gasteiger partial charge in [0.05, 0.1) is 17.9 Å². The third kappa shape index (κ3) is 3.41. The van der Waals surface area contributed by atoms with E-state index in [1.165, 1.54) is 4.88 Å². The highest BCUT2D eigenvalue weighted by atomic mass is 32.1. The molecule has 124 valence electrons. The minimum atomic E-state index is 0.0609. The summed E-state index contributed by atoms with van der Waals surface area (Å²) in [7, 11) is 0. The van der Waals surface area contributed by atoms with Crippen molar-refractivity contribution in [1.29, 1.82) is 0 Å². The summed E-state index contributed by atoms with van der Waals surface area (Å²) in [5.74, 6) is 0.0609. The molecule has 0 saturated heterocycles. The van der Waals surface area contributed by atoms with Crippen molar-refractivity contribution >= 4 is 17.2 Å². The van der Waals surface area contributed by atoms with Crippen LogP contribution in [0.1, 0.15) is 33.5 Å². The first-order valence-electron chi connectivity index (χ1n) is 8.04. The fourth-order valence-electron chi connectivity index (χ4n) is 2.74. The predicted molar refractivity (Wildman–Crippen MR) is 97.8 cm³/mol. The summed E-state index contributed by atoms with van der Waals surface area (Å²) in [5, 5.41) is 6.52. The molecule has 2 heterocycles. The molecule has 0 bridgehead atoms. The first-order valence-corrected chi connectivity index (χ1v) is 8.92. The maximum absolute atomic E-state index is 12.7. The minimum Gasteiger partial charge on any atom is -0.334 e. The highest BCUT2D eigenvalue weighted by Crippen LogP contribution is 2.17. The first-order chi connectivity index (χ1) is 11.6. The summed E-state index contributed by atoms with van der Waals surface area (Å²) in [6, 6.07) is 13.8. The van der Waals surface area contributed by atoms with E-state index in [4.69, 9.17) is 0 Å². The molecule has 0 spiro atoms. The second-order valence-electron chi connectivity index (χ2n) is 5.78. The average molecular weight is 339 g/mol. The summed E-state index contributed by atoms with van der Waals surface area (Å²) in [5.41, 5.74) is 3.75. The normalized spacial score (nSPS) is 10.8. The molecule has 0 saturated carbocycles. The highest BCUT2D eigenvalue weighted by Gasteiger charge is 2.15. The van der Waals surface area contributed by atoms with Crippen molar-refractivity contribution in [2.45, 2.75) is 27.3 Å². The zero-order valence-corrected chi connectivity index (χ0v) is 15.0. The van der Waals surface area contributed by atoms with Crippen LogP contribution in [0.5, 0.6) is 0 Å². The third-order valence-corrected chi connectivity index (χ3v) is 4.83. The molecule has 0 aliphatic carbocycles. The molecule has 0 fully saturated rings. The number of hydrogen-bond acceptors (Lipinski definition) is 3. The molecule has 0 atom stereocenters. The molecule has 24 heavy (non-hydrogen) atoms. The summed E-state index contributed by atoms with van der Waals surface area (Å²) < 4.78 is 1.90. The van der Waals surface area contributed by atoms with Crippen LogP contribution in [0.15, 0.2) is 47.8 Å². The van der Waals surface area contributed by atoms with Crippen LogP contribution >= 0.6 is 11.3 Å². The number of carbonyl (C=O) groups excluding carboxylic acids is 1. The Kier molecular flexibility index (Phi) is 4.81. The van der Waals surface area contributed by atoms with Gasteiger partial charge in [0.2, 0.25) is 0 Å². The molecule has 0 aliphatic heterocycles. The zero-order valence-electron chi connectivity index (χ0n) is 14.2. The Hall–Kier alpha value is -2.40. The molecule has 0 N–H and O–H groups in total. The average Bonchev–Trinajstić information content (AvgIpc) is 3.21. The number of hydrogen-bond donors (Lipinski definition) is 0. The van der Waals surface area contributed by atoms with Crippen molar-refractivity contribution in [1.82, 2.24) is 14.7 Å². The molecular formula is C19H21N3OS. The lowest BCUT2D eigenvalue weighted by atomic mass is 10.1. The number of amides is 1. The van der Waals surface area contributed by atoms with E-state index in [1.807, 2.05) is 72.1 Å². The smallest absolute Gasteiger partial charge is 0.254 e. The third-order valence-electron chi connectivity index (χ3n) is 3.96. The molecule has 0 unspecified atom stereocenters. The van der Waals surface area contributed by atoms with Gasteiger partial charge >= 0.3 is 0 Å². The molecule has 5 heteroatoms. The van der Waals surface area contributed by atoms with E-state index >= 15 is 0 Å². The standard InChI is InChI=1S/C19H21N3OS/c1-4-21(13-18-6-5-11-24-18)19(23)16-7-9-17(10-8-16)22-15(3)12-14(2)20-22/h5-12H,4,13H2,1-3H3. The Bertz CT molecular complexity index is 819. The molecule has 4 nitrogen and oxygen atoms in total. The molecule has 3 aromatic rings. The highest BCUT2D eigenvalue weighted by molar-refractivity contribution is 7.09. The van der Waals surface area contributed by atoms with E-state index in [1.54, 1.807) is 11.3 Å². The van der Waals surface area contributed by atoms with Gasteiger partial charge in [-0.15, -0.1) is 11.3 Å². The number of aromatic nitrogens is 2. The lowest BCUT2D eigenvalue weighted by Gasteiger charge is -2.20. The van der Waals surface area contributed by atoms with Gasteiger partial charge in [0, 0.05) is 22.7 Å². The summed E-state index contributed by atoms with van der Waals surface area (Å²) in [6.07, 6.45) is 0. The van der Waals surface area contributed by atoms with Gasteiger partial charge < -0.3 is 4.90 Å². The van der Waals surface area contributed by atoms with Crippen LogP contribution < -0.4 is 0 Å². The second kappa shape index (κ2) is 7.01. The van der Waals surface area contributed by atoms with Crippen LogP contribution in [0.4, 0.5) is 0 Å². The Balaban J connectivity index is 1.79. The van der Waals surface area contributed by atoms with Gasteiger partial charge in [-0.3, -0.25) is 4.79 Å². The number of nitrogens with zero attached hydrogens (tertiary/aromatic N) is 3. The van der Waals surface area contributed by atoms with Gasteiger partial charge in [-0.1, -0.05) is 6.07 Å². The largest absolute Gasteiger partial charge is 0.334 e. The van der Waals surface area contributed by atoms with Gasteiger partial charge in [-0.05, 0) is 62.5 Å². The minimum absolute atomic E-state index is 0.0609. The SMILES string of the molecule is CCN(Cc1cccs1)C(=O)c1ccc(-n2nc(C)cc2C)cc1. The summed E-state index contributed by atoms with van der Waals surface area (Å²) >= 11 is 1.68. The molecular weight excluding hydrogens is 318 g/mol. The van der Waals surface area contributed by atoms with Crippen molar-refractivity contribution in [2.75, 3.05) is 6.54 Å². The van der Waals surface area contributed by atoms with E-state index in [9.17, 15) is 4.79 Å². The monoisotopic (exact) mass is 339 g/mol. The van der Waals surface area contributed by atoms with Crippen LogP contribution in [0, 0.1) is 13.8 Å². The van der Waals surface area contributed by atoms with E-state index in [0.29, 0.717) is 18.7 Å². The van der Waals surface area contributed by atoms with Crippen molar-refractivity contribution < 1.29 is 4.79 Å². The van der Waals surface area contributed by atoms with Crippen LogP contribution in [-0.2, 0) is 6.54 Å². The van der Waals surface area contributed by atoms with Crippen LogP contribution in [0.25, 0.3) is 5.69 Å². The number of rotatable bonds is 5. The van der Waals surface area contributed by atoms with Gasteiger partial charge in [-0.25, -0.2) is 4.68 Å². The molecule has 2 aromatic heterocycles. The van der Waals surface area contributed by atoms with Gasteiger partial charge in [0.25, 0.3) is 5.91 Å². The fraction of sp³-hybridized carbons (Fsp3) is 0.263. The van der Waals surface area contributed by atoms with Gasteiger partial charge in [-0.2, -0.15) is 5.10 Å². The van der Waals surface area contributed by atoms with Crippen molar-refractivity contribution in [3.05, 3.63) is 69.7 Å². The fourth-order valence-corrected chi connectivity index (χ4v) is 3.46. The Morgan fingerprint density at radius 2 is 1.96 bits per heavy atom. The Morgan fingerprint density at radius 1 is 1.21 bits per heavy atom. The van der Waals surface area contributed by atoms with Crippen LogP contribution in [0.2, 0.25) is 0 Å². The molecule has 3 rings (SSSR count). The van der Waals surface area contributed by atoms with E-state index in [0.717, 1.165) is 17.1 Å². The van der Waals surface area contributed by atoms with Gasteiger partial charge in [0.1, 0.15) is 0 Å². The van der Waals surface area contributed by atoms with Crippen LogP contribution in [0.3, 0.4) is 0 Å². The van der Waals surface area contributed by atoms with Crippen molar-refractivity contribution in [3.63, 3.8) is 0 Å². The predicted octanol–water partition coefficient (Wildman–Crippen LogP) is 4.21. The van der Waals surface area contributed by atoms with Crippen molar-refractivity contribution in [2.24, 2.45) is 0 Å². The maximum atomic E-state index is 12.7. The Morgan fingerprint density at radius 3 is 2.50 bits per heavy atom. The molecule has 0 radical (unpaired) electrons. The van der Waals surface area contributed by atoms with E-state index < -0.39 is 0 Å². The number of carbonyl (C=O) groups is 1. The molecule has 0 aliphatic rings. The summed E-state index contributed by atoms with van der Waals surface area (Å²) in [6.45, 7) is 7.36. The second-order valence-corrected chi connectivity index (χ2v) is 6.82. The maximum Gasteiger partial charge on any atom is 0.254 e. The number of thiophene rings is 1. The number of benzene rings is 1. The quantitative estimate of drug-likeness (QED) is 0.698. The van der Waals surface area contributed by atoms with Crippen LogP contribution in [-0.4, -0.2) is 27.1 Å². The molecule has 1 amide bonds.